The topological polar surface area (TPSA) is 35.3 Å². The van der Waals surface area contributed by atoms with Gasteiger partial charge in [0.15, 0.2) is 5.58 Å². The Morgan fingerprint density at radius 3 is 2.78 bits per heavy atom. The molecular formula is C11H9ClF3NO2. The van der Waals surface area contributed by atoms with Crippen LogP contribution in [0, 0.1) is 0 Å². The van der Waals surface area contributed by atoms with E-state index in [9.17, 15) is 13.2 Å². The maximum absolute atomic E-state index is 12.4. The Morgan fingerprint density at radius 1 is 1.33 bits per heavy atom. The summed E-state index contributed by atoms with van der Waals surface area (Å²) in [6.07, 6.45) is -3.93. The van der Waals surface area contributed by atoms with Gasteiger partial charge in [0.25, 0.3) is 0 Å². The van der Waals surface area contributed by atoms with Gasteiger partial charge in [-0.15, -0.1) is 11.6 Å². The van der Waals surface area contributed by atoms with Crippen molar-refractivity contribution in [3.63, 3.8) is 0 Å². The molecule has 0 radical (unpaired) electrons. The fraction of sp³-hybridized carbons (Fsp3) is 0.364. The summed E-state index contributed by atoms with van der Waals surface area (Å²) < 4.78 is 47.1. The number of alkyl halides is 4. The SMILES string of the molecule is FC(F)(F)c1nc2ccc(OCCCCl)cc2o1. The van der Waals surface area contributed by atoms with E-state index in [2.05, 4.69) is 9.40 Å². The van der Waals surface area contributed by atoms with E-state index in [1.54, 1.807) is 6.07 Å². The van der Waals surface area contributed by atoms with Gasteiger partial charge in [-0.2, -0.15) is 13.2 Å². The summed E-state index contributed by atoms with van der Waals surface area (Å²) in [5.74, 6) is -0.365. The molecule has 0 fully saturated rings. The highest BCUT2D eigenvalue weighted by Gasteiger charge is 2.37. The molecule has 0 aliphatic rings. The summed E-state index contributed by atoms with van der Waals surface area (Å²) in [5, 5.41) is 0. The van der Waals surface area contributed by atoms with Crippen LogP contribution in [0.2, 0.25) is 0 Å². The van der Waals surface area contributed by atoms with E-state index in [0.29, 0.717) is 24.7 Å². The van der Waals surface area contributed by atoms with E-state index < -0.39 is 12.1 Å². The Bertz CT molecular complexity index is 539. The Hall–Kier alpha value is -1.43. The summed E-state index contributed by atoms with van der Waals surface area (Å²) in [6.45, 7) is 0.398. The molecule has 2 rings (SSSR count). The number of benzene rings is 1. The monoisotopic (exact) mass is 279 g/mol. The molecule has 7 heteroatoms. The molecule has 0 saturated carbocycles. The predicted octanol–water partition coefficient (Wildman–Crippen LogP) is 3.85. The lowest BCUT2D eigenvalue weighted by atomic mass is 10.3. The van der Waals surface area contributed by atoms with Crippen molar-refractivity contribution in [1.29, 1.82) is 0 Å². The first-order chi connectivity index (χ1) is 8.50. The number of rotatable bonds is 4. The molecule has 0 N–H and O–H groups in total. The standard InChI is InChI=1S/C11H9ClF3NO2/c12-4-1-5-17-7-2-3-8-9(6-7)18-10(16-8)11(13,14)15/h2-3,6H,1,4-5H2. The summed E-state index contributed by atoms with van der Waals surface area (Å²) in [4.78, 5) is 3.35. The average Bonchev–Trinajstić information content (AvgIpc) is 2.72. The second-order valence-electron chi connectivity index (χ2n) is 3.54. The maximum atomic E-state index is 12.4. The van der Waals surface area contributed by atoms with E-state index in [1.165, 1.54) is 12.1 Å². The Balaban J connectivity index is 2.23. The first-order valence-electron chi connectivity index (χ1n) is 5.17. The molecule has 0 spiro atoms. The molecule has 1 aromatic carbocycles. The van der Waals surface area contributed by atoms with Gasteiger partial charge in [-0.1, -0.05) is 0 Å². The quantitative estimate of drug-likeness (QED) is 0.630. The zero-order valence-electron chi connectivity index (χ0n) is 9.13. The Kier molecular flexibility index (Phi) is 3.65. The van der Waals surface area contributed by atoms with E-state index in [4.69, 9.17) is 16.3 Å². The lowest BCUT2D eigenvalue weighted by Gasteiger charge is -2.03. The zero-order chi connectivity index (χ0) is 13.2. The summed E-state index contributed by atoms with van der Waals surface area (Å²) in [7, 11) is 0. The molecule has 18 heavy (non-hydrogen) atoms. The van der Waals surface area contributed by atoms with Gasteiger partial charge >= 0.3 is 12.1 Å². The van der Waals surface area contributed by atoms with E-state index in [-0.39, 0.29) is 11.1 Å². The fourth-order valence-electron chi connectivity index (χ4n) is 1.36. The van der Waals surface area contributed by atoms with Crippen LogP contribution < -0.4 is 4.74 Å². The summed E-state index contributed by atoms with van der Waals surface area (Å²) in [6, 6.07) is 4.34. The second-order valence-corrected chi connectivity index (χ2v) is 3.92. The first kappa shape index (κ1) is 13.0. The van der Waals surface area contributed by atoms with Gasteiger partial charge in [-0.05, 0) is 18.6 Å². The van der Waals surface area contributed by atoms with Crippen molar-refractivity contribution >= 4 is 22.7 Å². The lowest BCUT2D eigenvalue weighted by Crippen LogP contribution is -2.04. The highest BCUT2D eigenvalue weighted by Crippen LogP contribution is 2.32. The number of hydrogen-bond acceptors (Lipinski definition) is 3. The van der Waals surface area contributed by atoms with Gasteiger partial charge in [0.05, 0.1) is 6.61 Å². The van der Waals surface area contributed by atoms with Gasteiger partial charge in [-0.25, -0.2) is 4.98 Å². The van der Waals surface area contributed by atoms with Crippen molar-refractivity contribution in [3.05, 3.63) is 24.1 Å². The van der Waals surface area contributed by atoms with Crippen LogP contribution in [0.5, 0.6) is 5.75 Å². The van der Waals surface area contributed by atoms with Crippen molar-refractivity contribution in [2.24, 2.45) is 0 Å². The Labute approximate surface area is 106 Å². The molecule has 0 saturated heterocycles. The fourth-order valence-corrected chi connectivity index (χ4v) is 1.47. The van der Waals surface area contributed by atoms with Crippen molar-refractivity contribution < 1.29 is 22.3 Å². The molecule has 0 atom stereocenters. The zero-order valence-corrected chi connectivity index (χ0v) is 9.88. The molecule has 2 aromatic rings. The largest absolute Gasteiger partial charge is 0.493 e. The van der Waals surface area contributed by atoms with E-state index in [1.807, 2.05) is 0 Å². The van der Waals surface area contributed by atoms with Crippen LogP contribution >= 0.6 is 11.6 Å². The Morgan fingerprint density at radius 2 is 2.11 bits per heavy atom. The third-order valence-corrected chi connectivity index (χ3v) is 2.42. The molecule has 0 bridgehead atoms. The smallest absolute Gasteiger partial charge is 0.468 e. The van der Waals surface area contributed by atoms with Gasteiger partial charge in [0.2, 0.25) is 0 Å². The number of nitrogens with zero attached hydrogens (tertiary/aromatic N) is 1. The molecule has 1 aromatic heterocycles. The van der Waals surface area contributed by atoms with E-state index in [0.717, 1.165) is 0 Å². The summed E-state index contributed by atoms with van der Waals surface area (Å²) in [5.41, 5.74) is 0.192. The van der Waals surface area contributed by atoms with Crippen LogP contribution in [0.4, 0.5) is 13.2 Å². The maximum Gasteiger partial charge on any atom is 0.468 e. The number of ether oxygens (including phenoxy) is 1. The van der Waals surface area contributed by atoms with Crippen LogP contribution in [-0.2, 0) is 6.18 Å². The molecule has 3 nitrogen and oxygen atoms in total. The first-order valence-corrected chi connectivity index (χ1v) is 5.71. The number of oxazole rings is 1. The minimum absolute atomic E-state index is 0.0469. The predicted molar refractivity (Wildman–Crippen MR) is 59.8 cm³/mol. The third kappa shape index (κ3) is 2.87. The molecule has 0 unspecified atom stereocenters. The second kappa shape index (κ2) is 5.06. The van der Waals surface area contributed by atoms with Gasteiger partial charge < -0.3 is 9.15 Å². The van der Waals surface area contributed by atoms with Crippen molar-refractivity contribution in [2.45, 2.75) is 12.6 Å². The molecule has 1 heterocycles. The number of halogens is 4. The highest BCUT2D eigenvalue weighted by molar-refractivity contribution is 6.17. The van der Waals surface area contributed by atoms with Gasteiger partial charge in [0, 0.05) is 11.9 Å². The molecule has 0 amide bonds. The highest BCUT2D eigenvalue weighted by atomic mass is 35.5. The molecule has 0 aliphatic carbocycles. The van der Waals surface area contributed by atoms with Crippen molar-refractivity contribution in [3.8, 4) is 5.75 Å². The van der Waals surface area contributed by atoms with Gasteiger partial charge in [-0.3, -0.25) is 0 Å². The summed E-state index contributed by atoms with van der Waals surface area (Å²) >= 11 is 5.48. The molecular weight excluding hydrogens is 271 g/mol. The lowest BCUT2D eigenvalue weighted by molar-refractivity contribution is -0.156. The number of aromatic nitrogens is 1. The van der Waals surface area contributed by atoms with E-state index >= 15 is 0 Å². The van der Waals surface area contributed by atoms with Crippen molar-refractivity contribution in [1.82, 2.24) is 4.98 Å². The average molecular weight is 280 g/mol. The van der Waals surface area contributed by atoms with Crippen LogP contribution in [0.15, 0.2) is 22.6 Å². The number of hydrogen-bond donors (Lipinski definition) is 0. The minimum Gasteiger partial charge on any atom is -0.493 e. The van der Waals surface area contributed by atoms with Crippen molar-refractivity contribution in [2.75, 3.05) is 12.5 Å². The van der Waals surface area contributed by atoms with Crippen LogP contribution in [0.3, 0.4) is 0 Å². The van der Waals surface area contributed by atoms with Gasteiger partial charge in [0.1, 0.15) is 11.3 Å². The van der Waals surface area contributed by atoms with Crippen LogP contribution in [0.25, 0.3) is 11.1 Å². The molecule has 98 valence electrons. The van der Waals surface area contributed by atoms with Crippen LogP contribution in [-0.4, -0.2) is 17.5 Å². The minimum atomic E-state index is -4.58. The number of fused-ring (bicyclic) bond motifs is 1. The third-order valence-electron chi connectivity index (χ3n) is 2.15. The normalized spacial score (nSPS) is 12.0. The molecule has 0 aliphatic heterocycles. The van der Waals surface area contributed by atoms with Crippen LogP contribution in [0.1, 0.15) is 12.3 Å².